The third-order valence-corrected chi connectivity index (χ3v) is 5.59. The number of aromatic amines is 1. The van der Waals surface area contributed by atoms with E-state index >= 15 is 0 Å². The van der Waals surface area contributed by atoms with Gasteiger partial charge in [-0.25, -0.2) is 0 Å². The largest absolute Gasteiger partial charge is 0.368 e. The lowest BCUT2D eigenvalue weighted by atomic mass is 10.1. The molecular formula is C23H23N5O2. The first kappa shape index (κ1) is 18.4. The molecule has 7 heteroatoms. The van der Waals surface area contributed by atoms with Crippen LogP contribution in [0.25, 0.3) is 22.3 Å². The molecule has 2 aromatic heterocycles. The van der Waals surface area contributed by atoms with Gasteiger partial charge in [0.1, 0.15) is 5.69 Å². The first-order chi connectivity index (χ1) is 14.7. The Balaban J connectivity index is 1.23. The number of para-hydroxylation sites is 1. The van der Waals surface area contributed by atoms with Gasteiger partial charge >= 0.3 is 0 Å². The number of amides is 1. The number of hydrogen-bond acceptors (Lipinski definition) is 5. The highest BCUT2D eigenvalue weighted by molar-refractivity contribution is 5.98. The fraction of sp³-hybridized carbons (Fsp3) is 0.261. The molecule has 152 valence electrons. The van der Waals surface area contributed by atoms with Crippen molar-refractivity contribution >= 4 is 22.5 Å². The number of nitrogens with one attached hydrogen (secondary N) is 1. The van der Waals surface area contributed by atoms with Crippen molar-refractivity contribution in [3.8, 4) is 11.4 Å². The van der Waals surface area contributed by atoms with Crippen LogP contribution in [0.4, 0.5) is 5.69 Å². The van der Waals surface area contributed by atoms with Crippen molar-refractivity contribution in [1.29, 1.82) is 0 Å². The van der Waals surface area contributed by atoms with Gasteiger partial charge in [-0.2, -0.15) is 4.98 Å². The second-order valence-corrected chi connectivity index (χ2v) is 7.46. The molecule has 1 aliphatic rings. The summed E-state index contributed by atoms with van der Waals surface area (Å²) in [6.07, 6.45) is 0.729. The van der Waals surface area contributed by atoms with Crippen LogP contribution in [-0.4, -0.2) is 52.1 Å². The highest BCUT2D eigenvalue weighted by atomic mass is 16.5. The average Bonchev–Trinajstić information content (AvgIpc) is 3.46. The summed E-state index contributed by atoms with van der Waals surface area (Å²) in [5.74, 6) is 1.32. The van der Waals surface area contributed by atoms with Gasteiger partial charge in [-0.1, -0.05) is 30.3 Å². The molecule has 0 saturated carbocycles. The molecule has 1 aliphatic heterocycles. The summed E-state index contributed by atoms with van der Waals surface area (Å²) in [5, 5.41) is 5.09. The number of rotatable bonds is 4. The Labute approximate surface area is 174 Å². The number of nitrogens with zero attached hydrogens (tertiary/aromatic N) is 4. The molecule has 5 rings (SSSR count). The standard InChI is InChI=1S/C23H23N5O2/c1-2-21-25-22(26-30-21)16-7-9-18(10-8-16)27-11-13-28(14-12-27)23(29)20-15-17-5-3-4-6-19(17)24-20/h3-10,15,24H,2,11-14H2,1H3. The van der Waals surface area contributed by atoms with Crippen LogP contribution in [0.5, 0.6) is 0 Å². The lowest BCUT2D eigenvalue weighted by Gasteiger charge is -2.36. The Morgan fingerprint density at radius 1 is 1.07 bits per heavy atom. The van der Waals surface area contributed by atoms with Crippen molar-refractivity contribution in [3.63, 3.8) is 0 Å². The van der Waals surface area contributed by atoms with E-state index in [2.05, 4.69) is 32.2 Å². The van der Waals surface area contributed by atoms with E-state index in [0.29, 0.717) is 30.5 Å². The van der Waals surface area contributed by atoms with E-state index < -0.39 is 0 Å². The van der Waals surface area contributed by atoms with Crippen molar-refractivity contribution in [1.82, 2.24) is 20.0 Å². The summed E-state index contributed by atoms with van der Waals surface area (Å²) in [6, 6.07) is 18.1. The minimum Gasteiger partial charge on any atom is -0.368 e. The van der Waals surface area contributed by atoms with E-state index in [-0.39, 0.29) is 5.91 Å². The van der Waals surface area contributed by atoms with Crippen LogP contribution in [0.2, 0.25) is 0 Å². The fourth-order valence-electron chi connectivity index (χ4n) is 3.86. The van der Waals surface area contributed by atoms with Gasteiger partial charge in [-0.15, -0.1) is 0 Å². The van der Waals surface area contributed by atoms with Crippen LogP contribution in [0.1, 0.15) is 23.3 Å². The number of anilines is 1. The molecule has 1 fully saturated rings. The number of aryl methyl sites for hydroxylation is 1. The summed E-state index contributed by atoms with van der Waals surface area (Å²) >= 11 is 0. The zero-order chi connectivity index (χ0) is 20.5. The van der Waals surface area contributed by atoms with E-state index in [1.807, 2.05) is 54.3 Å². The van der Waals surface area contributed by atoms with Crippen molar-refractivity contribution in [3.05, 3.63) is 66.2 Å². The summed E-state index contributed by atoms with van der Waals surface area (Å²) in [6.45, 7) is 4.98. The Morgan fingerprint density at radius 3 is 2.53 bits per heavy atom. The molecule has 7 nitrogen and oxygen atoms in total. The first-order valence-electron chi connectivity index (χ1n) is 10.3. The van der Waals surface area contributed by atoms with Gasteiger partial charge in [0.2, 0.25) is 11.7 Å². The van der Waals surface area contributed by atoms with E-state index in [9.17, 15) is 4.79 Å². The predicted molar refractivity (Wildman–Crippen MR) is 116 cm³/mol. The molecule has 0 bridgehead atoms. The maximum Gasteiger partial charge on any atom is 0.270 e. The molecule has 30 heavy (non-hydrogen) atoms. The van der Waals surface area contributed by atoms with Crippen LogP contribution >= 0.6 is 0 Å². The van der Waals surface area contributed by atoms with Crippen LogP contribution < -0.4 is 4.90 Å². The number of hydrogen-bond donors (Lipinski definition) is 1. The first-order valence-corrected chi connectivity index (χ1v) is 10.3. The lowest BCUT2D eigenvalue weighted by molar-refractivity contribution is 0.0742. The highest BCUT2D eigenvalue weighted by Gasteiger charge is 2.23. The fourth-order valence-corrected chi connectivity index (χ4v) is 3.86. The van der Waals surface area contributed by atoms with Gasteiger partial charge in [0.15, 0.2) is 0 Å². The SMILES string of the molecule is CCc1nc(-c2ccc(N3CCN(C(=O)c4cc5ccccc5[nH]4)CC3)cc2)no1. The second kappa shape index (κ2) is 7.67. The molecule has 2 aromatic carbocycles. The molecule has 1 amide bonds. The van der Waals surface area contributed by atoms with E-state index in [0.717, 1.165) is 41.7 Å². The maximum atomic E-state index is 12.9. The molecule has 0 atom stereocenters. The quantitative estimate of drug-likeness (QED) is 0.564. The third kappa shape index (κ3) is 3.43. The zero-order valence-corrected chi connectivity index (χ0v) is 16.8. The molecule has 0 radical (unpaired) electrons. The number of H-pyrrole nitrogens is 1. The molecule has 0 spiro atoms. The van der Waals surface area contributed by atoms with Crippen LogP contribution in [-0.2, 0) is 6.42 Å². The normalized spacial score (nSPS) is 14.4. The average molecular weight is 401 g/mol. The van der Waals surface area contributed by atoms with Crippen molar-refractivity contribution < 1.29 is 9.32 Å². The minimum absolute atomic E-state index is 0.0602. The number of carbonyl (C=O) groups is 1. The van der Waals surface area contributed by atoms with Gasteiger partial charge in [-0.05, 0) is 36.4 Å². The van der Waals surface area contributed by atoms with Gasteiger partial charge in [-0.3, -0.25) is 4.79 Å². The Bertz CT molecular complexity index is 1140. The van der Waals surface area contributed by atoms with E-state index in [1.54, 1.807) is 0 Å². The van der Waals surface area contributed by atoms with Gasteiger partial charge < -0.3 is 19.3 Å². The third-order valence-electron chi connectivity index (χ3n) is 5.59. The number of benzene rings is 2. The second-order valence-electron chi connectivity index (χ2n) is 7.46. The van der Waals surface area contributed by atoms with Crippen LogP contribution in [0.3, 0.4) is 0 Å². The molecule has 1 saturated heterocycles. The molecule has 1 N–H and O–H groups in total. The summed E-state index contributed by atoms with van der Waals surface area (Å²) in [7, 11) is 0. The molecular weight excluding hydrogens is 378 g/mol. The topological polar surface area (TPSA) is 78.3 Å². The van der Waals surface area contributed by atoms with E-state index in [4.69, 9.17) is 4.52 Å². The number of fused-ring (bicyclic) bond motifs is 1. The zero-order valence-electron chi connectivity index (χ0n) is 16.8. The van der Waals surface area contributed by atoms with Gasteiger partial charge in [0.25, 0.3) is 5.91 Å². The summed E-state index contributed by atoms with van der Waals surface area (Å²) < 4.78 is 5.19. The van der Waals surface area contributed by atoms with E-state index in [1.165, 1.54) is 0 Å². The Hall–Kier alpha value is -3.61. The summed E-state index contributed by atoms with van der Waals surface area (Å²) in [4.78, 5) is 24.7. The highest BCUT2D eigenvalue weighted by Crippen LogP contribution is 2.23. The van der Waals surface area contributed by atoms with Crippen LogP contribution in [0, 0.1) is 0 Å². The Kier molecular flexibility index (Phi) is 4.71. The van der Waals surface area contributed by atoms with Crippen molar-refractivity contribution in [2.45, 2.75) is 13.3 Å². The summed E-state index contributed by atoms with van der Waals surface area (Å²) in [5.41, 5.74) is 3.72. The van der Waals surface area contributed by atoms with Crippen LogP contribution in [0.15, 0.2) is 59.1 Å². The predicted octanol–water partition coefficient (Wildman–Crippen LogP) is 3.74. The van der Waals surface area contributed by atoms with Gasteiger partial charge in [0.05, 0.1) is 0 Å². The molecule has 0 unspecified atom stereocenters. The maximum absolute atomic E-state index is 12.9. The van der Waals surface area contributed by atoms with Crippen molar-refractivity contribution in [2.75, 3.05) is 31.1 Å². The van der Waals surface area contributed by atoms with Gasteiger partial charge in [0, 0.05) is 54.8 Å². The molecule has 3 heterocycles. The minimum atomic E-state index is 0.0602. The number of carbonyl (C=O) groups excluding carboxylic acids is 1. The van der Waals surface area contributed by atoms with Crippen molar-refractivity contribution in [2.24, 2.45) is 0 Å². The number of aromatic nitrogens is 3. The smallest absolute Gasteiger partial charge is 0.270 e. The number of piperazine rings is 1. The lowest BCUT2D eigenvalue weighted by Crippen LogP contribution is -2.48. The monoisotopic (exact) mass is 401 g/mol. The Morgan fingerprint density at radius 2 is 1.83 bits per heavy atom. The molecule has 4 aromatic rings. The molecule has 0 aliphatic carbocycles.